The number of aryl methyl sites for hydroxylation is 3. The summed E-state index contributed by atoms with van der Waals surface area (Å²) in [4.78, 5) is 26.4. The molecule has 1 atom stereocenters. The van der Waals surface area contributed by atoms with Gasteiger partial charge in [0.1, 0.15) is 5.82 Å². The van der Waals surface area contributed by atoms with Crippen LogP contribution in [0.3, 0.4) is 0 Å². The lowest BCUT2D eigenvalue weighted by molar-refractivity contribution is -0.122. The number of carbonyl (C=O) groups is 2. The maximum Gasteiger partial charge on any atom is 0.229 e. The normalized spacial score (nSPS) is 17.0. The minimum atomic E-state index is -0.446. The molecular formula is C20H21FN2O2. The van der Waals surface area contributed by atoms with Gasteiger partial charge in [0.15, 0.2) is 0 Å². The van der Waals surface area contributed by atoms with E-state index in [2.05, 4.69) is 5.32 Å². The molecule has 0 aliphatic carbocycles. The van der Waals surface area contributed by atoms with Gasteiger partial charge in [0.2, 0.25) is 11.8 Å². The molecule has 2 aromatic carbocycles. The second-order valence-electron chi connectivity index (χ2n) is 6.63. The molecule has 25 heavy (non-hydrogen) atoms. The van der Waals surface area contributed by atoms with Gasteiger partial charge in [-0.25, -0.2) is 4.39 Å². The highest BCUT2D eigenvalue weighted by molar-refractivity contribution is 6.03. The fourth-order valence-corrected chi connectivity index (χ4v) is 2.94. The first kappa shape index (κ1) is 17.1. The summed E-state index contributed by atoms with van der Waals surface area (Å²) in [7, 11) is 0. The van der Waals surface area contributed by atoms with Gasteiger partial charge >= 0.3 is 0 Å². The summed E-state index contributed by atoms with van der Waals surface area (Å²) < 4.78 is 13.6. The van der Waals surface area contributed by atoms with Crippen molar-refractivity contribution in [3.05, 3.63) is 58.9 Å². The average molecular weight is 340 g/mol. The molecular weight excluding hydrogens is 319 g/mol. The summed E-state index contributed by atoms with van der Waals surface area (Å²) in [6, 6.07) is 10.4. The second kappa shape index (κ2) is 6.67. The summed E-state index contributed by atoms with van der Waals surface area (Å²) in [5.74, 6) is -1.14. The van der Waals surface area contributed by atoms with Gasteiger partial charge in [-0.3, -0.25) is 9.59 Å². The van der Waals surface area contributed by atoms with Gasteiger partial charge in [-0.2, -0.15) is 0 Å². The van der Waals surface area contributed by atoms with Crippen LogP contribution in [0.1, 0.15) is 23.1 Å². The number of amides is 2. The average Bonchev–Trinajstić information content (AvgIpc) is 2.95. The molecule has 0 saturated carbocycles. The van der Waals surface area contributed by atoms with Crippen molar-refractivity contribution in [1.29, 1.82) is 0 Å². The van der Waals surface area contributed by atoms with E-state index in [0.29, 0.717) is 17.8 Å². The van der Waals surface area contributed by atoms with Gasteiger partial charge in [-0.05, 0) is 61.7 Å². The number of anilines is 2. The molecule has 0 bridgehead atoms. The van der Waals surface area contributed by atoms with E-state index in [-0.39, 0.29) is 24.1 Å². The van der Waals surface area contributed by atoms with E-state index in [1.165, 1.54) is 6.07 Å². The number of nitrogens with zero attached hydrogens (tertiary/aromatic N) is 1. The zero-order chi connectivity index (χ0) is 18.1. The topological polar surface area (TPSA) is 49.4 Å². The van der Waals surface area contributed by atoms with Crippen LogP contribution in [-0.2, 0) is 9.59 Å². The van der Waals surface area contributed by atoms with E-state index >= 15 is 0 Å². The molecule has 0 spiro atoms. The van der Waals surface area contributed by atoms with Crippen LogP contribution in [0.15, 0.2) is 36.4 Å². The third kappa shape index (κ3) is 3.55. The van der Waals surface area contributed by atoms with Crippen molar-refractivity contribution in [3.8, 4) is 0 Å². The summed E-state index contributed by atoms with van der Waals surface area (Å²) >= 11 is 0. The number of halogens is 1. The largest absolute Gasteiger partial charge is 0.326 e. The minimum Gasteiger partial charge on any atom is -0.326 e. The summed E-state index contributed by atoms with van der Waals surface area (Å²) in [6.07, 6.45) is 0.160. The Morgan fingerprint density at radius 2 is 1.80 bits per heavy atom. The molecule has 3 rings (SSSR count). The van der Waals surface area contributed by atoms with Gasteiger partial charge in [0, 0.05) is 24.3 Å². The molecule has 5 heteroatoms. The van der Waals surface area contributed by atoms with Crippen LogP contribution in [-0.4, -0.2) is 18.4 Å². The third-order valence-corrected chi connectivity index (χ3v) is 4.74. The van der Waals surface area contributed by atoms with Gasteiger partial charge < -0.3 is 10.2 Å². The first-order chi connectivity index (χ1) is 11.8. The predicted molar refractivity (Wildman–Crippen MR) is 96.1 cm³/mol. The van der Waals surface area contributed by atoms with Gasteiger partial charge in [0.05, 0.1) is 5.92 Å². The number of benzene rings is 2. The lowest BCUT2D eigenvalue weighted by Crippen LogP contribution is -2.28. The van der Waals surface area contributed by atoms with E-state index < -0.39 is 5.92 Å². The molecule has 2 aromatic rings. The van der Waals surface area contributed by atoms with Crippen molar-refractivity contribution in [2.75, 3.05) is 16.8 Å². The number of rotatable bonds is 3. The molecule has 1 fully saturated rings. The van der Waals surface area contributed by atoms with Crippen LogP contribution in [0.5, 0.6) is 0 Å². The fourth-order valence-electron chi connectivity index (χ4n) is 2.94. The molecule has 4 nitrogen and oxygen atoms in total. The zero-order valence-corrected chi connectivity index (χ0v) is 14.6. The predicted octanol–water partition coefficient (Wildman–Crippen LogP) is 3.74. The fraction of sp³-hybridized carbons (Fsp3) is 0.300. The maximum atomic E-state index is 13.6. The molecule has 1 aliphatic heterocycles. The van der Waals surface area contributed by atoms with Crippen LogP contribution >= 0.6 is 0 Å². The van der Waals surface area contributed by atoms with E-state index in [0.717, 1.165) is 16.8 Å². The Morgan fingerprint density at radius 3 is 2.48 bits per heavy atom. The molecule has 1 aliphatic rings. The van der Waals surface area contributed by atoms with Crippen LogP contribution in [0, 0.1) is 32.5 Å². The number of hydrogen-bond acceptors (Lipinski definition) is 2. The Bertz CT molecular complexity index is 848. The van der Waals surface area contributed by atoms with Crippen molar-refractivity contribution in [2.45, 2.75) is 27.2 Å². The van der Waals surface area contributed by atoms with Crippen molar-refractivity contribution < 1.29 is 14.0 Å². The lowest BCUT2D eigenvalue weighted by Gasteiger charge is -2.18. The van der Waals surface area contributed by atoms with E-state index in [9.17, 15) is 14.0 Å². The van der Waals surface area contributed by atoms with E-state index in [1.54, 1.807) is 24.0 Å². The molecule has 0 unspecified atom stereocenters. The number of hydrogen-bond donors (Lipinski definition) is 1. The minimum absolute atomic E-state index is 0.0708. The highest BCUT2D eigenvalue weighted by Crippen LogP contribution is 2.27. The number of nitrogens with one attached hydrogen (secondary N) is 1. The maximum absolute atomic E-state index is 13.6. The second-order valence-corrected chi connectivity index (χ2v) is 6.63. The first-order valence-corrected chi connectivity index (χ1v) is 8.30. The van der Waals surface area contributed by atoms with Crippen LogP contribution < -0.4 is 10.2 Å². The van der Waals surface area contributed by atoms with Gasteiger partial charge in [0.25, 0.3) is 0 Å². The van der Waals surface area contributed by atoms with Crippen LogP contribution in [0.4, 0.5) is 15.8 Å². The molecule has 130 valence electrons. The zero-order valence-electron chi connectivity index (χ0n) is 14.6. The van der Waals surface area contributed by atoms with Gasteiger partial charge in [-0.15, -0.1) is 0 Å². The highest BCUT2D eigenvalue weighted by atomic mass is 19.1. The monoisotopic (exact) mass is 340 g/mol. The molecule has 1 heterocycles. The lowest BCUT2D eigenvalue weighted by atomic mass is 10.1. The Morgan fingerprint density at radius 1 is 1.08 bits per heavy atom. The first-order valence-electron chi connectivity index (χ1n) is 8.30. The van der Waals surface area contributed by atoms with Crippen molar-refractivity contribution in [1.82, 2.24) is 0 Å². The summed E-state index contributed by atoms with van der Waals surface area (Å²) in [5, 5.41) is 2.71. The third-order valence-electron chi connectivity index (χ3n) is 4.74. The molecule has 0 aromatic heterocycles. The van der Waals surface area contributed by atoms with E-state index in [1.807, 2.05) is 32.0 Å². The van der Waals surface area contributed by atoms with Crippen LogP contribution in [0.2, 0.25) is 0 Å². The van der Waals surface area contributed by atoms with Crippen molar-refractivity contribution in [2.24, 2.45) is 5.92 Å². The summed E-state index contributed by atoms with van der Waals surface area (Å²) in [5.41, 5.74) is 4.00. The molecule has 1 N–H and O–H groups in total. The standard InChI is InChI=1S/C20H21FN2O2/c1-12-5-7-17(8-14(12)3)23-11-15(9-19(23)24)20(25)22-16-6-4-13(2)18(21)10-16/h4-8,10,15H,9,11H2,1-3H3,(H,22,25)/t15-/m0/s1. The molecule has 1 saturated heterocycles. The van der Waals surface area contributed by atoms with Crippen molar-refractivity contribution in [3.63, 3.8) is 0 Å². The molecule has 2 amide bonds. The Kier molecular flexibility index (Phi) is 4.57. The number of carbonyl (C=O) groups excluding carboxylic acids is 2. The SMILES string of the molecule is Cc1ccc(N2C[C@@H](C(=O)Nc3ccc(C)c(F)c3)CC2=O)cc1C. The smallest absolute Gasteiger partial charge is 0.229 e. The Balaban J connectivity index is 1.71. The highest BCUT2D eigenvalue weighted by Gasteiger charge is 2.35. The Hall–Kier alpha value is -2.69. The van der Waals surface area contributed by atoms with E-state index in [4.69, 9.17) is 0 Å². The van der Waals surface area contributed by atoms with Gasteiger partial charge in [-0.1, -0.05) is 12.1 Å². The summed E-state index contributed by atoms with van der Waals surface area (Å²) in [6.45, 7) is 6.01. The van der Waals surface area contributed by atoms with Crippen molar-refractivity contribution >= 4 is 23.2 Å². The van der Waals surface area contributed by atoms with Crippen LogP contribution in [0.25, 0.3) is 0 Å². The molecule has 0 radical (unpaired) electrons. The Labute approximate surface area is 146 Å². The quantitative estimate of drug-likeness (QED) is 0.925.